The second kappa shape index (κ2) is 7.95. The molecule has 0 unspecified atom stereocenters. The van der Waals surface area contributed by atoms with E-state index in [9.17, 15) is 4.79 Å². The zero-order valence-corrected chi connectivity index (χ0v) is 11.4. The lowest BCUT2D eigenvalue weighted by atomic mass is 10.2. The van der Waals surface area contributed by atoms with Crippen molar-refractivity contribution in [3.8, 4) is 0 Å². The van der Waals surface area contributed by atoms with Crippen molar-refractivity contribution in [1.29, 1.82) is 0 Å². The van der Waals surface area contributed by atoms with Gasteiger partial charge in [-0.05, 0) is 19.1 Å². The first-order valence-corrected chi connectivity index (χ1v) is 6.85. The van der Waals surface area contributed by atoms with Crippen LogP contribution in [0.5, 0.6) is 0 Å². The number of hydrogen-bond donors (Lipinski definition) is 1. The molecule has 1 aromatic rings. The minimum atomic E-state index is -0.0191. The van der Waals surface area contributed by atoms with E-state index in [1.54, 1.807) is 11.0 Å². The van der Waals surface area contributed by atoms with E-state index >= 15 is 0 Å². The summed E-state index contributed by atoms with van der Waals surface area (Å²) in [6, 6.07) is 8.08. The summed E-state index contributed by atoms with van der Waals surface area (Å²) >= 11 is 1.51. The van der Waals surface area contributed by atoms with E-state index < -0.39 is 0 Å². The van der Waals surface area contributed by atoms with Crippen molar-refractivity contribution in [1.82, 2.24) is 4.90 Å². The van der Waals surface area contributed by atoms with Crippen molar-refractivity contribution in [2.45, 2.75) is 11.8 Å². The Hall–Kier alpha value is -1.26. The summed E-state index contributed by atoms with van der Waals surface area (Å²) in [7, 11) is 0. The number of carbonyl (C=O) groups excluding carboxylic acids is 1. The predicted molar refractivity (Wildman–Crippen MR) is 75.8 cm³/mol. The van der Waals surface area contributed by atoms with Crippen LogP contribution in [0.4, 0.5) is 0 Å². The number of hydrogen-bond acceptors (Lipinski definition) is 3. The number of aryl methyl sites for hydroxylation is 1. The average molecular weight is 265 g/mol. The molecule has 0 heterocycles. The number of carbonyl (C=O) groups is 1. The molecule has 0 fully saturated rings. The van der Waals surface area contributed by atoms with Gasteiger partial charge < -0.3 is 10.0 Å². The minimum Gasteiger partial charge on any atom is -0.395 e. The number of benzene rings is 1. The van der Waals surface area contributed by atoms with Crippen LogP contribution in [-0.4, -0.2) is 41.4 Å². The van der Waals surface area contributed by atoms with Gasteiger partial charge in [-0.15, -0.1) is 18.3 Å². The Bertz CT molecular complexity index is 389. The lowest BCUT2D eigenvalue weighted by Gasteiger charge is -2.19. The van der Waals surface area contributed by atoms with Crippen molar-refractivity contribution < 1.29 is 9.90 Å². The zero-order valence-electron chi connectivity index (χ0n) is 10.6. The molecule has 1 aromatic carbocycles. The molecule has 0 aliphatic rings. The normalized spacial score (nSPS) is 10.1. The van der Waals surface area contributed by atoms with Crippen LogP contribution < -0.4 is 0 Å². The largest absolute Gasteiger partial charge is 0.395 e. The number of thioether (sulfide) groups is 1. The van der Waals surface area contributed by atoms with E-state index in [-0.39, 0.29) is 12.5 Å². The molecule has 1 N–H and O–H groups in total. The number of aliphatic hydroxyl groups excluding tert-OH is 1. The molecule has 0 aromatic heterocycles. The Balaban J connectivity index is 2.47. The number of amides is 1. The SMILES string of the molecule is C=CCN(CCO)C(=O)CSc1ccc(C)cc1. The Morgan fingerprint density at radius 2 is 2.11 bits per heavy atom. The molecule has 0 aliphatic heterocycles. The van der Waals surface area contributed by atoms with Gasteiger partial charge in [0.1, 0.15) is 0 Å². The fourth-order valence-electron chi connectivity index (χ4n) is 1.47. The van der Waals surface area contributed by atoms with Crippen LogP contribution in [0.15, 0.2) is 41.8 Å². The van der Waals surface area contributed by atoms with E-state index in [0.717, 1.165) is 4.90 Å². The van der Waals surface area contributed by atoms with Gasteiger partial charge in [0.2, 0.25) is 5.91 Å². The first-order chi connectivity index (χ1) is 8.67. The summed E-state index contributed by atoms with van der Waals surface area (Å²) in [5, 5.41) is 8.89. The molecule has 1 rings (SSSR count). The van der Waals surface area contributed by atoms with Crippen molar-refractivity contribution >= 4 is 17.7 Å². The molecule has 0 spiro atoms. The van der Waals surface area contributed by atoms with Crippen LogP contribution in [0.3, 0.4) is 0 Å². The first kappa shape index (κ1) is 14.8. The molecule has 0 saturated heterocycles. The Labute approximate surface area is 113 Å². The van der Waals surface area contributed by atoms with Gasteiger partial charge in [0.25, 0.3) is 0 Å². The van der Waals surface area contributed by atoms with Gasteiger partial charge in [-0.2, -0.15) is 0 Å². The van der Waals surface area contributed by atoms with Crippen molar-refractivity contribution in [3.05, 3.63) is 42.5 Å². The van der Waals surface area contributed by atoms with Crippen LogP contribution in [0, 0.1) is 6.92 Å². The van der Waals surface area contributed by atoms with Gasteiger partial charge in [-0.25, -0.2) is 0 Å². The summed E-state index contributed by atoms with van der Waals surface area (Å²) in [6.45, 7) is 6.47. The quantitative estimate of drug-likeness (QED) is 0.606. The van der Waals surface area contributed by atoms with E-state index in [0.29, 0.717) is 18.8 Å². The fraction of sp³-hybridized carbons (Fsp3) is 0.357. The second-order valence-electron chi connectivity index (χ2n) is 3.95. The molecule has 18 heavy (non-hydrogen) atoms. The maximum Gasteiger partial charge on any atom is 0.233 e. The standard InChI is InChI=1S/C14H19NO2S/c1-3-8-15(9-10-16)14(17)11-18-13-6-4-12(2)5-7-13/h3-7,16H,1,8-11H2,2H3. The summed E-state index contributed by atoms with van der Waals surface area (Å²) < 4.78 is 0. The lowest BCUT2D eigenvalue weighted by Crippen LogP contribution is -2.34. The molecule has 0 atom stereocenters. The maximum atomic E-state index is 11.9. The van der Waals surface area contributed by atoms with Crippen LogP contribution >= 0.6 is 11.8 Å². The molecule has 0 saturated carbocycles. The van der Waals surface area contributed by atoms with Crippen LogP contribution in [-0.2, 0) is 4.79 Å². The third kappa shape index (κ3) is 4.94. The summed E-state index contributed by atoms with van der Waals surface area (Å²) in [6.07, 6.45) is 1.67. The number of nitrogens with zero attached hydrogens (tertiary/aromatic N) is 1. The Morgan fingerprint density at radius 1 is 1.44 bits per heavy atom. The molecule has 98 valence electrons. The van der Waals surface area contributed by atoms with E-state index in [4.69, 9.17) is 5.11 Å². The average Bonchev–Trinajstić information content (AvgIpc) is 2.37. The number of aliphatic hydroxyl groups is 1. The maximum absolute atomic E-state index is 11.9. The molecular weight excluding hydrogens is 246 g/mol. The van der Waals surface area contributed by atoms with Gasteiger partial charge in [-0.1, -0.05) is 23.8 Å². The van der Waals surface area contributed by atoms with Crippen LogP contribution in [0.1, 0.15) is 5.56 Å². The molecule has 1 amide bonds. The lowest BCUT2D eigenvalue weighted by molar-refractivity contribution is -0.128. The van der Waals surface area contributed by atoms with Crippen molar-refractivity contribution in [2.75, 3.05) is 25.4 Å². The highest BCUT2D eigenvalue weighted by Crippen LogP contribution is 2.18. The van der Waals surface area contributed by atoms with E-state index in [1.807, 2.05) is 31.2 Å². The van der Waals surface area contributed by atoms with Crippen LogP contribution in [0.25, 0.3) is 0 Å². The van der Waals surface area contributed by atoms with Crippen molar-refractivity contribution in [2.24, 2.45) is 0 Å². The zero-order chi connectivity index (χ0) is 13.4. The third-order valence-electron chi connectivity index (χ3n) is 2.46. The van der Waals surface area contributed by atoms with Gasteiger partial charge in [0, 0.05) is 18.0 Å². The molecule has 4 heteroatoms. The van der Waals surface area contributed by atoms with E-state index in [1.165, 1.54) is 17.3 Å². The van der Waals surface area contributed by atoms with Gasteiger partial charge in [0.15, 0.2) is 0 Å². The highest BCUT2D eigenvalue weighted by molar-refractivity contribution is 8.00. The molecule has 0 bridgehead atoms. The fourth-order valence-corrected chi connectivity index (χ4v) is 2.27. The van der Waals surface area contributed by atoms with Gasteiger partial charge in [0.05, 0.1) is 12.4 Å². The monoisotopic (exact) mass is 265 g/mol. The summed E-state index contributed by atoms with van der Waals surface area (Å²) in [5.41, 5.74) is 1.21. The molecular formula is C14H19NO2S. The number of rotatable bonds is 7. The highest BCUT2D eigenvalue weighted by atomic mass is 32.2. The Morgan fingerprint density at radius 3 is 2.67 bits per heavy atom. The predicted octanol–water partition coefficient (Wildman–Crippen LogP) is 2.09. The molecule has 0 radical (unpaired) electrons. The van der Waals surface area contributed by atoms with Gasteiger partial charge in [-0.3, -0.25) is 4.79 Å². The van der Waals surface area contributed by atoms with Crippen molar-refractivity contribution in [3.63, 3.8) is 0 Å². The van der Waals surface area contributed by atoms with E-state index in [2.05, 4.69) is 6.58 Å². The molecule has 3 nitrogen and oxygen atoms in total. The first-order valence-electron chi connectivity index (χ1n) is 5.86. The Kier molecular flexibility index (Phi) is 6.54. The molecule has 0 aliphatic carbocycles. The topological polar surface area (TPSA) is 40.5 Å². The smallest absolute Gasteiger partial charge is 0.233 e. The summed E-state index contributed by atoms with van der Waals surface area (Å²) in [5.74, 6) is 0.409. The highest BCUT2D eigenvalue weighted by Gasteiger charge is 2.11. The summed E-state index contributed by atoms with van der Waals surface area (Å²) in [4.78, 5) is 14.6. The van der Waals surface area contributed by atoms with Crippen LogP contribution in [0.2, 0.25) is 0 Å². The third-order valence-corrected chi connectivity index (χ3v) is 3.45. The second-order valence-corrected chi connectivity index (χ2v) is 5.00. The van der Waals surface area contributed by atoms with Gasteiger partial charge >= 0.3 is 0 Å². The minimum absolute atomic E-state index is 0.0191.